The zero-order valence-corrected chi connectivity index (χ0v) is 12.4. The molecule has 1 aromatic rings. The number of aliphatic imine (C=N–C) groups is 1. The highest BCUT2D eigenvalue weighted by atomic mass is 79.9. The van der Waals surface area contributed by atoms with Gasteiger partial charge in [-0.25, -0.2) is 4.79 Å². The number of nitrogens with zero attached hydrogens (tertiary/aromatic N) is 1. The maximum absolute atomic E-state index is 10.7. The van der Waals surface area contributed by atoms with Crippen LogP contribution in [-0.2, 0) is 10.3 Å². The van der Waals surface area contributed by atoms with E-state index in [9.17, 15) is 4.79 Å². The third kappa shape index (κ3) is 1.97. The first kappa shape index (κ1) is 12.7. The first-order valence-electron chi connectivity index (χ1n) is 6.27. The summed E-state index contributed by atoms with van der Waals surface area (Å²) < 4.78 is 12.3. The zero-order chi connectivity index (χ0) is 13.7. The topological polar surface area (TPSA) is 47.9 Å². The van der Waals surface area contributed by atoms with Gasteiger partial charge in [0, 0.05) is 18.3 Å². The number of hydrogen-bond acceptors (Lipinski definition) is 4. The summed E-state index contributed by atoms with van der Waals surface area (Å²) in [7, 11) is 0. The monoisotopic (exact) mass is 323 g/mol. The molecule has 5 heteroatoms. The second-order valence-corrected chi connectivity index (χ2v) is 6.33. The third-order valence-electron chi connectivity index (χ3n) is 3.69. The summed E-state index contributed by atoms with van der Waals surface area (Å²) in [5, 5.41) is 0. The lowest BCUT2D eigenvalue weighted by Crippen LogP contribution is -2.32. The maximum atomic E-state index is 10.7. The average molecular weight is 324 g/mol. The van der Waals surface area contributed by atoms with Crippen molar-refractivity contribution in [2.45, 2.75) is 44.4 Å². The van der Waals surface area contributed by atoms with Crippen molar-refractivity contribution in [1.29, 1.82) is 0 Å². The normalized spacial score (nSPS) is 21.4. The van der Waals surface area contributed by atoms with Crippen LogP contribution < -0.4 is 9.47 Å². The van der Waals surface area contributed by atoms with E-state index in [1.54, 1.807) is 6.08 Å². The molecule has 1 aliphatic heterocycles. The van der Waals surface area contributed by atoms with E-state index < -0.39 is 11.3 Å². The number of hydrogen-bond donors (Lipinski definition) is 0. The van der Waals surface area contributed by atoms with E-state index in [1.165, 1.54) is 0 Å². The molecule has 0 spiro atoms. The Labute approximate surface area is 119 Å². The number of ether oxygens (including phenoxy) is 2. The van der Waals surface area contributed by atoms with Crippen molar-refractivity contribution in [3.63, 3.8) is 0 Å². The smallest absolute Gasteiger partial charge is 0.246 e. The number of isocyanates is 1. The van der Waals surface area contributed by atoms with E-state index >= 15 is 0 Å². The summed E-state index contributed by atoms with van der Waals surface area (Å²) in [5.41, 5.74) is 0.535. The SMILES string of the molecule is CC1(C)Oc2cc(Br)c(C3(N=C=O)CCC3)cc2O1. The van der Waals surface area contributed by atoms with Gasteiger partial charge < -0.3 is 9.47 Å². The molecule has 100 valence electrons. The molecule has 0 unspecified atom stereocenters. The van der Waals surface area contributed by atoms with Gasteiger partial charge in [-0.3, -0.25) is 0 Å². The van der Waals surface area contributed by atoms with E-state index in [-0.39, 0.29) is 0 Å². The molecule has 1 heterocycles. The number of rotatable bonds is 2. The first-order valence-corrected chi connectivity index (χ1v) is 7.06. The molecule has 0 bridgehead atoms. The van der Waals surface area contributed by atoms with Crippen molar-refractivity contribution in [3.8, 4) is 11.5 Å². The molecule has 4 nitrogen and oxygen atoms in total. The van der Waals surface area contributed by atoms with Crippen LogP contribution in [0.1, 0.15) is 38.7 Å². The molecule has 0 aromatic heterocycles. The standard InChI is InChI=1S/C14H14BrNO3/c1-13(2)18-11-6-9(10(15)7-12(11)19-13)14(16-8-17)4-3-5-14/h6-7H,3-5H2,1-2H3. The molecule has 3 rings (SSSR count). The highest BCUT2D eigenvalue weighted by Gasteiger charge is 2.42. The van der Waals surface area contributed by atoms with Crippen LogP contribution in [0.5, 0.6) is 11.5 Å². The van der Waals surface area contributed by atoms with E-state index in [1.807, 2.05) is 26.0 Å². The molecule has 0 saturated heterocycles. The molecule has 19 heavy (non-hydrogen) atoms. The predicted molar refractivity (Wildman–Crippen MR) is 73.1 cm³/mol. The summed E-state index contributed by atoms with van der Waals surface area (Å²) >= 11 is 3.54. The largest absolute Gasteiger partial charge is 0.449 e. The number of benzene rings is 1. The van der Waals surface area contributed by atoms with Crippen molar-refractivity contribution in [2.75, 3.05) is 0 Å². The first-order chi connectivity index (χ1) is 8.96. The zero-order valence-electron chi connectivity index (χ0n) is 10.8. The highest BCUT2D eigenvalue weighted by Crippen LogP contribution is 2.51. The Morgan fingerprint density at radius 1 is 1.26 bits per heavy atom. The molecule has 2 aliphatic rings. The van der Waals surface area contributed by atoms with Gasteiger partial charge in [-0.05, 0) is 37.0 Å². The van der Waals surface area contributed by atoms with Crippen LogP contribution in [0.15, 0.2) is 21.6 Å². The van der Waals surface area contributed by atoms with Crippen molar-refractivity contribution in [1.82, 2.24) is 0 Å². The second kappa shape index (κ2) is 4.09. The summed E-state index contributed by atoms with van der Waals surface area (Å²) in [6, 6.07) is 3.81. The summed E-state index contributed by atoms with van der Waals surface area (Å²) in [5.74, 6) is 0.766. The quantitative estimate of drug-likeness (QED) is 0.616. The van der Waals surface area contributed by atoms with Crippen LogP contribution in [0.4, 0.5) is 0 Å². The Kier molecular flexibility index (Phi) is 2.73. The Morgan fingerprint density at radius 2 is 1.89 bits per heavy atom. The van der Waals surface area contributed by atoms with Gasteiger partial charge in [-0.2, -0.15) is 4.99 Å². The van der Waals surface area contributed by atoms with Crippen molar-refractivity contribution in [2.24, 2.45) is 4.99 Å². The van der Waals surface area contributed by atoms with Gasteiger partial charge in [0.1, 0.15) is 0 Å². The van der Waals surface area contributed by atoms with Crippen molar-refractivity contribution >= 4 is 22.0 Å². The lowest BCUT2D eigenvalue weighted by atomic mass is 9.72. The maximum Gasteiger partial charge on any atom is 0.246 e. The number of halogens is 1. The van der Waals surface area contributed by atoms with Gasteiger partial charge >= 0.3 is 0 Å². The number of fused-ring (bicyclic) bond motifs is 1. The fourth-order valence-electron chi connectivity index (χ4n) is 2.64. The second-order valence-electron chi connectivity index (χ2n) is 5.47. The minimum atomic E-state index is -0.652. The van der Waals surface area contributed by atoms with Gasteiger partial charge in [0.05, 0.1) is 5.54 Å². The molecule has 1 saturated carbocycles. The van der Waals surface area contributed by atoms with E-state index in [0.29, 0.717) is 11.5 Å². The fourth-order valence-corrected chi connectivity index (χ4v) is 3.33. The third-order valence-corrected chi connectivity index (χ3v) is 4.34. The molecule has 0 N–H and O–H groups in total. The molecule has 1 aliphatic carbocycles. The lowest BCUT2D eigenvalue weighted by molar-refractivity contribution is -0.0432. The van der Waals surface area contributed by atoms with E-state index in [2.05, 4.69) is 20.9 Å². The summed E-state index contributed by atoms with van der Waals surface area (Å²) in [6.45, 7) is 3.73. The van der Waals surface area contributed by atoms with Gasteiger partial charge in [0.2, 0.25) is 11.9 Å². The van der Waals surface area contributed by atoms with Gasteiger partial charge in [0.25, 0.3) is 0 Å². The van der Waals surface area contributed by atoms with Gasteiger partial charge in [-0.15, -0.1) is 0 Å². The minimum Gasteiger partial charge on any atom is -0.449 e. The molecule has 1 aromatic carbocycles. The van der Waals surface area contributed by atoms with Crippen LogP contribution in [0, 0.1) is 0 Å². The Hall–Kier alpha value is -1.32. The average Bonchev–Trinajstić information content (AvgIpc) is 2.56. The van der Waals surface area contributed by atoms with Gasteiger partial charge in [-0.1, -0.05) is 15.9 Å². The Balaban J connectivity index is 2.08. The summed E-state index contributed by atoms with van der Waals surface area (Å²) in [6.07, 6.45) is 4.50. The van der Waals surface area contributed by atoms with Crippen molar-refractivity contribution in [3.05, 3.63) is 22.2 Å². The van der Waals surface area contributed by atoms with E-state index in [4.69, 9.17) is 9.47 Å². The van der Waals surface area contributed by atoms with Crippen LogP contribution in [-0.4, -0.2) is 11.9 Å². The lowest BCUT2D eigenvalue weighted by Gasteiger charge is -2.37. The van der Waals surface area contributed by atoms with Crippen molar-refractivity contribution < 1.29 is 14.3 Å². The Morgan fingerprint density at radius 3 is 2.42 bits per heavy atom. The van der Waals surface area contributed by atoms with Crippen LogP contribution in [0.2, 0.25) is 0 Å². The van der Waals surface area contributed by atoms with Crippen LogP contribution >= 0.6 is 15.9 Å². The predicted octanol–water partition coefficient (Wildman–Crippen LogP) is 3.67. The minimum absolute atomic E-state index is 0.439. The highest BCUT2D eigenvalue weighted by molar-refractivity contribution is 9.10. The molecular weight excluding hydrogens is 310 g/mol. The molecule has 0 atom stereocenters. The summed E-state index contributed by atoms with van der Waals surface area (Å²) in [4.78, 5) is 14.7. The number of carbonyl (C=O) groups excluding carboxylic acids is 1. The fraction of sp³-hybridized carbons (Fsp3) is 0.500. The molecular formula is C14H14BrNO3. The van der Waals surface area contributed by atoms with Gasteiger partial charge in [0.15, 0.2) is 11.5 Å². The van der Waals surface area contributed by atoms with E-state index in [0.717, 1.165) is 29.3 Å². The molecule has 0 radical (unpaired) electrons. The Bertz CT molecular complexity index is 587. The molecule has 1 fully saturated rings. The molecule has 0 amide bonds. The van der Waals surface area contributed by atoms with Crippen LogP contribution in [0.25, 0.3) is 0 Å². The van der Waals surface area contributed by atoms with Crippen LogP contribution in [0.3, 0.4) is 0 Å².